The Labute approximate surface area is 231 Å². The zero-order valence-corrected chi connectivity index (χ0v) is 21.4. The van der Waals surface area contributed by atoms with E-state index in [9.17, 15) is 0 Å². The Bertz CT molecular complexity index is 2100. The topological polar surface area (TPSA) is 38.5 Å². The second kappa shape index (κ2) is 8.11. The number of hydrogen-bond acceptors (Lipinski definition) is 4. The molecule has 4 nitrogen and oxygen atoms in total. The maximum Gasteiger partial charge on any atom is 0.256 e. The lowest BCUT2D eigenvalue weighted by Crippen LogP contribution is -2.59. The van der Waals surface area contributed by atoms with Gasteiger partial charge in [0.1, 0.15) is 11.3 Å². The molecule has 0 atom stereocenters. The number of ether oxygens (including phenoxy) is 1. The monoisotopic (exact) mass is 512 g/mol. The summed E-state index contributed by atoms with van der Waals surface area (Å²) in [5.41, 5.74) is 10.5. The Morgan fingerprint density at radius 3 is 2.30 bits per heavy atom. The zero-order valence-electron chi connectivity index (χ0n) is 21.4. The first-order valence-corrected chi connectivity index (χ1v) is 13.5. The molecule has 7 aromatic rings. The number of nitrogens with zero attached hydrogens (tertiary/aromatic N) is 2. The number of hydrogen-bond donors (Lipinski definition) is 0. The quantitative estimate of drug-likeness (QED) is 0.233. The third kappa shape index (κ3) is 2.89. The highest BCUT2D eigenvalue weighted by Gasteiger charge is 2.42. The van der Waals surface area contributed by atoms with Crippen LogP contribution in [0.1, 0.15) is 0 Å². The average molecular weight is 512 g/mol. The molecule has 0 amide bonds. The van der Waals surface area contributed by atoms with Crippen LogP contribution in [0, 0.1) is 0 Å². The number of fused-ring (bicyclic) bond motifs is 8. The molecular weight excluding hydrogens is 491 g/mol. The van der Waals surface area contributed by atoms with Crippen molar-refractivity contribution in [1.29, 1.82) is 0 Å². The molecule has 0 unspecified atom stereocenters. The fourth-order valence-electron chi connectivity index (χ4n) is 6.52. The van der Waals surface area contributed by atoms with E-state index in [1.807, 2.05) is 24.4 Å². The van der Waals surface area contributed by atoms with E-state index in [1.54, 1.807) is 0 Å². The van der Waals surface area contributed by atoms with Crippen LogP contribution in [-0.4, -0.2) is 11.7 Å². The van der Waals surface area contributed by atoms with Gasteiger partial charge in [0.25, 0.3) is 6.71 Å². The second-order valence-corrected chi connectivity index (χ2v) is 10.3. The van der Waals surface area contributed by atoms with Crippen molar-refractivity contribution >= 4 is 62.1 Å². The number of pyridine rings is 1. The zero-order chi connectivity index (χ0) is 26.2. The molecule has 0 spiro atoms. The lowest BCUT2D eigenvalue weighted by Gasteiger charge is -2.39. The summed E-state index contributed by atoms with van der Waals surface area (Å²) < 4.78 is 13.5. The van der Waals surface area contributed by atoms with Crippen molar-refractivity contribution in [2.45, 2.75) is 0 Å². The molecule has 0 aliphatic carbocycles. The van der Waals surface area contributed by atoms with Crippen LogP contribution in [0.25, 0.3) is 33.2 Å². The first-order chi connectivity index (χ1) is 19.9. The van der Waals surface area contributed by atoms with Crippen LogP contribution in [0.15, 0.2) is 132 Å². The average Bonchev–Trinajstić information content (AvgIpc) is 3.41. The van der Waals surface area contributed by atoms with Gasteiger partial charge in [0.15, 0.2) is 11.3 Å². The highest BCUT2D eigenvalue weighted by atomic mass is 16.5. The molecule has 2 aromatic heterocycles. The van der Waals surface area contributed by atoms with Crippen molar-refractivity contribution in [2.24, 2.45) is 0 Å². The van der Waals surface area contributed by atoms with Gasteiger partial charge in [-0.3, -0.25) is 4.98 Å². The fourth-order valence-corrected chi connectivity index (χ4v) is 6.52. The van der Waals surface area contributed by atoms with Crippen molar-refractivity contribution in [3.63, 3.8) is 0 Å². The summed E-state index contributed by atoms with van der Waals surface area (Å²) in [6.07, 6.45) is 1.82. The van der Waals surface area contributed by atoms with E-state index in [2.05, 4.69) is 113 Å². The van der Waals surface area contributed by atoms with Gasteiger partial charge >= 0.3 is 0 Å². The minimum absolute atomic E-state index is 0.0268. The first-order valence-electron chi connectivity index (χ1n) is 13.5. The molecule has 186 valence electrons. The fraction of sp³-hybridized carbons (Fsp3) is 0. The molecule has 0 fully saturated rings. The van der Waals surface area contributed by atoms with Crippen molar-refractivity contribution in [1.82, 2.24) is 4.98 Å². The van der Waals surface area contributed by atoms with E-state index in [0.717, 1.165) is 61.5 Å². The predicted molar refractivity (Wildman–Crippen MR) is 163 cm³/mol. The third-order valence-electron chi connectivity index (χ3n) is 8.19. The summed E-state index contributed by atoms with van der Waals surface area (Å²) in [7, 11) is 0. The standard InChI is InChI=1S/C35H21BN2O2/c1-2-10-22(11-3-1)38-29-16-5-4-14-26(29)36-27-20-19-24-23-12-8-13-25(28-15-6-7-21-37-28)33(23)40-34(24)35(27)39-31-18-9-17-30(38)32(31)36/h1-21H. The molecular formula is C35H21BN2O2. The van der Waals surface area contributed by atoms with E-state index in [4.69, 9.17) is 9.15 Å². The highest BCUT2D eigenvalue weighted by Crippen LogP contribution is 2.44. The van der Waals surface area contributed by atoms with Crippen LogP contribution >= 0.6 is 0 Å². The molecule has 0 bridgehead atoms. The van der Waals surface area contributed by atoms with E-state index < -0.39 is 0 Å². The maximum absolute atomic E-state index is 6.78. The predicted octanol–water partition coefficient (Wildman–Crippen LogP) is 7.05. The van der Waals surface area contributed by atoms with Gasteiger partial charge in [0.05, 0.1) is 5.69 Å². The number of benzene rings is 5. The molecule has 2 aliphatic rings. The van der Waals surface area contributed by atoms with Gasteiger partial charge in [0, 0.05) is 39.6 Å². The molecule has 40 heavy (non-hydrogen) atoms. The van der Waals surface area contributed by atoms with Crippen LogP contribution < -0.4 is 26.0 Å². The number of aromatic nitrogens is 1. The van der Waals surface area contributed by atoms with Crippen molar-refractivity contribution < 1.29 is 9.15 Å². The Hall–Kier alpha value is -5.29. The summed E-state index contributed by atoms with van der Waals surface area (Å²) in [6.45, 7) is 0.0268. The van der Waals surface area contributed by atoms with E-state index in [0.29, 0.717) is 0 Å². The first kappa shape index (κ1) is 21.6. The van der Waals surface area contributed by atoms with Gasteiger partial charge in [-0.05, 0) is 64.9 Å². The van der Waals surface area contributed by atoms with Crippen LogP contribution in [0.2, 0.25) is 0 Å². The SMILES string of the molecule is c1ccc(N2c3ccccc3B3c4ccc5c(oc6c(-c7ccccn7)cccc65)c4Oc4cccc2c43)cc1. The largest absolute Gasteiger partial charge is 0.454 e. The molecule has 5 heteroatoms. The van der Waals surface area contributed by atoms with Crippen LogP contribution in [-0.2, 0) is 0 Å². The van der Waals surface area contributed by atoms with Crippen molar-refractivity contribution in [3.05, 3.63) is 128 Å². The highest BCUT2D eigenvalue weighted by molar-refractivity contribution is 6.99. The lowest BCUT2D eigenvalue weighted by atomic mass is 9.34. The number of para-hydroxylation sites is 3. The number of anilines is 3. The normalized spacial score (nSPS) is 13.1. The summed E-state index contributed by atoms with van der Waals surface area (Å²) >= 11 is 0. The molecule has 0 radical (unpaired) electrons. The third-order valence-corrected chi connectivity index (χ3v) is 8.19. The number of furan rings is 1. The second-order valence-electron chi connectivity index (χ2n) is 10.3. The molecule has 9 rings (SSSR count). The Morgan fingerprint density at radius 1 is 0.600 bits per heavy atom. The van der Waals surface area contributed by atoms with Gasteiger partial charge < -0.3 is 14.1 Å². The van der Waals surface area contributed by atoms with Gasteiger partial charge in [0.2, 0.25) is 0 Å². The Kier molecular flexibility index (Phi) is 4.38. The molecule has 0 saturated carbocycles. The van der Waals surface area contributed by atoms with Gasteiger partial charge in [-0.15, -0.1) is 0 Å². The minimum atomic E-state index is 0.0268. The molecule has 0 saturated heterocycles. The van der Waals surface area contributed by atoms with E-state index in [-0.39, 0.29) is 6.71 Å². The van der Waals surface area contributed by atoms with Gasteiger partial charge in [-0.1, -0.05) is 72.8 Å². The lowest BCUT2D eigenvalue weighted by molar-refractivity contribution is 0.481. The molecule has 4 heterocycles. The van der Waals surface area contributed by atoms with Crippen LogP contribution in [0.5, 0.6) is 11.5 Å². The molecule has 0 N–H and O–H groups in total. The number of rotatable bonds is 2. The summed E-state index contributed by atoms with van der Waals surface area (Å²) in [4.78, 5) is 6.94. The van der Waals surface area contributed by atoms with Crippen LogP contribution in [0.3, 0.4) is 0 Å². The Morgan fingerprint density at radius 2 is 1.40 bits per heavy atom. The minimum Gasteiger partial charge on any atom is -0.454 e. The van der Waals surface area contributed by atoms with E-state index in [1.165, 1.54) is 16.6 Å². The summed E-state index contributed by atoms with van der Waals surface area (Å²) in [5, 5.41) is 2.10. The van der Waals surface area contributed by atoms with Crippen molar-refractivity contribution in [2.75, 3.05) is 4.90 Å². The summed E-state index contributed by atoms with van der Waals surface area (Å²) in [5.74, 6) is 1.65. The smallest absolute Gasteiger partial charge is 0.256 e. The maximum atomic E-state index is 6.78. The van der Waals surface area contributed by atoms with Crippen LogP contribution in [0.4, 0.5) is 17.1 Å². The van der Waals surface area contributed by atoms with Gasteiger partial charge in [-0.25, -0.2) is 0 Å². The van der Waals surface area contributed by atoms with Crippen molar-refractivity contribution in [3.8, 4) is 22.8 Å². The Balaban J connectivity index is 1.32. The molecule has 5 aromatic carbocycles. The molecule has 2 aliphatic heterocycles. The van der Waals surface area contributed by atoms with E-state index >= 15 is 0 Å². The van der Waals surface area contributed by atoms with Gasteiger partial charge in [-0.2, -0.15) is 0 Å². The summed E-state index contributed by atoms with van der Waals surface area (Å²) in [6, 6.07) is 42.2.